The maximum atomic E-state index is 11.6. The molecule has 4 nitrogen and oxygen atoms in total. The van der Waals surface area contributed by atoms with Crippen LogP contribution in [0.1, 0.15) is 17.3 Å². The van der Waals surface area contributed by atoms with Crippen molar-refractivity contribution in [2.75, 3.05) is 13.2 Å². The Balaban J connectivity index is 2.32. The highest BCUT2D eigenvalue weighted by molar-refractivity contribution is 9.10. The van der Waals surface area contributed by atoms with E-state index >= 15 is 0 Å². The van der Waals surface area contributed by atoms with Gasteiger partial charge in [-0.3, -0.25) is 0 Å². The van der Waals surface area contributed by atoms with Gasteiger partial charge < -0.3 is 14.2 Å². The van der Waals surface area contributed by atoms with Crippen molar-refractivity contribution < 1.29 is 19.0 Å². The van der Waals surface area contributed by atoms with Gasteiger partial charge in [-0.25, -0.2) is 4.79 Å². The lowest BCUT2D eigenvalue weighted by Crippen LogP contribution is -2.27. The Morgan fingerprint density at radius 2 is 2.44 bits per heavy atom. The molecule has 0 amide bonds. The van der Waals surface area contributed by atoms with Gasteiger partial charge in [-0.1, -0.05) is 6.58 Å². The quantitative estimate of drug-likeness (QED) is 0.636. The summed E-state index contributed by atoms with van der Waals surface area (Å²) < 4.78 is 16.8. The summed E-state index contributed by atoms with van der Waals surface area (Å²) in [4.78, 5) is 11.6. The van der Waals surface area contributed by atoms with E-state index in [1.165, 1.54) is 0 Å². The van der Waals surface area contributed by atoms with Crippen LogP contribution in [0.4, 0.5) is 0 Å². The number of carbonyl (C=O) groups is 1. The molecule has 0 aromatic heterocycles. The van der Waals surface area contributed by atoms with Crippen LogP contribution >= 0.6 is 15.9 Å². The molecular weight excluding hydrogens is 300 g/mol. The molecule has 0 N–H and O–H groups in total. The van der Waals surface area contributed by atoms with Crippen molar-refractivity contribution in [2.45, 2.75) is 13.0 Å². The van der Waals surface area contributed by atoms with E-state index in [1.54, 1.807) is 25.1 Å². The van der Waals surface area contributed by atoms with Crippen molar-refractivity contribution in [3.8, 4) is 11.5 Å². The van der Waals surface area contributed by atoms with Gasteiger partial charge in [0.25, 0.3) is 0 Å². The van der Waals surface area contributed by atoms with E-state index in [1.807, 2.05) is 0 Å². The van der Waals surface area contributed by atoms with Crippen LogP contribution in [-0.4, -0.2) is 25.3 Å². The minimum absolute atomic E-state index is 0.178. The van der Waals surface area contributed by atoms with Crippen LogP contribution < -0.4 is 9.47 Å². The fraction of sp³-hybridized carbons (Fsp3) is 0.308. The Bertz CT molecular complexity index is 484. The average molecular weight is 313 g/mol. The van der Waals surface area contributed by atoms with Crippen LogP contribution in [0.2, 0.25) is 0 Å². The standard InChI is InChI=1S/C13H13BrO4/c1-3-9-7-17-11-6-8(13(15)16-4-2)5-10(14)12(11)18-9/h3,5-6,9H,1,4,7H2,2H3. The summed E-state index contributed by atoms with van der Waals surface area (Å²) in [5.41, 5.74) is 0.433. The predicted molar refractivity (Wildman–Crippen MR) is 70.2 cm³/mol. The second kappa shape index (κ2) is 5.44. The molecule has 5 heteroatoms. The van der Waals surface area contributed by atoms with Gasteiger partial charge in [0.15, 0.2) is 17.6 Å². The number of carbonyl (C=O) groups excluding carboxylic acids is 1. The zero-order chi connectivity index (χ0) is 13.1. The monoisotopic (exact) mass is 312 g/mol. The molecule has 1 heterocycles. The van der Waals surface area contributed by atoms with E-state index in [-0.39, 0.29) is 12.1 Å². The van der Waals surface area contributed by atoms with E-state index in [9.17, 15) is 4.79 Å². The largest absolute Gasteiger partial charge is 0.485 e. The first-order chi connectivity index (χ1) is 8.65. The summed E-state index contributed by atoms with van der Waals surface area (Å²) in [6.45, 7) is 6.15. The highest BCUT2D eigenvalue weighted by Gasteiger charge is 2.23. The molecule has 0 spiro atoms. The first-order valence-electron chi connectivity index (χ1n) is 5.58. The van der Waals surface area contributed by atoms with Gasteiger partial charge in [0, 0.05) is 0 Å². The van der Waals surface area contributed by atoms with Crippen molar-refractivity contribution in [3.05, 3.63) is 34.8 Å². The van der Waals surface area contributed by atoms with Crippen LogP contribution in [0.25, 0.3) is 0 Å². The molecule has 0 fully saturated rings. The lowest BCUT2D eigenvalue weighted by Gasteiger charge is -2.25. The SMILES string of the molecule is C=CC1COc2cc(C(=O)OCC)cc(Br)c2O1. The molecule has 0 saturated heterocycles. The zero-order valence-electron chi connectivity index (χ0n) is 9.94. The molecule has 96 valence electrons. The van der Waals surface area contributed by atoms with Crippen molar-refractivity contribution in [2.24, 2.45) is 0 Å². The molecule has 0 radical (unpaired) electrons. The van der Waals surface area contributed by atoms with Gasteiger partial charge in [-0.15, -0.1) is 0 Å². The molecule has 0 bridgehead atoms. The number of benzene rings is 1. The van der Waals surface area contributed by atoms with Gasteiger partial charge in [-0.2, -0.15) is 0 Å². The molecule has 1 aliphatic heterocycles. The number of ether oxygens (including phenoxy) is 3. The molecule has 1 atom stereocenters. The second-order valence-corrected chi connectivity index (χ2v) is 4.56. The molecule has 2 rings (SSSR count). The van der Waals surface area contributed by atoms with Crippen molar-refractivity contribution in [3.63, 3.8) is 0 Å². The van der Waals surface area contributed by atoms with Gasteiger partial charge in [-0.05, 0) is 41.1 Å². The van der Waals surface area contributed by atoms with E-state index in [0.717, 1.165) is 0 Å². The Morgan fingerprint density at radius 1 is 1.67 bits per heavy atom. The van der Waals surface area contributed by atoms with Crippen LogP contribution in [0, 0.1) is 0 Å². The number of esters is 1. The van der Waals surface area contributed by atoms with Crippen LogP contribution in [0.3, 0.4) is 0 Å². The average Bonchev–Trinajstić information content (AvgIpc) is 2.38. The van der Waals surface area contributed by atoms with Crippen LogP contribution in [-0.2, 0) is 4.74 Å². The molecule has 1 aliphatic rings. The smallest absolute Gasteiger partial charge is 0.338 e. The first-order valence-corrected chi connectivity index (χ1v) is 6.37. The lowest BCUT2D eigenvalue weighted by molar-refractivity contribution is 0.0524. The van der Waals surface area contributed by atoms with Crippen molar-refractivity contribution >= 4 is 21.9 Å². The zero-order valence-corrected chi connectivity index (χ0v) is 11.5. The second-order valence-electron chi connectivity index (χ2n) is 3.71. The third-order valence-corrected chi connectivity index (χ3v) is 3.04. The molecule has 1 aromatic rings. The van der Waals surface area contributed by atoms with Gasteiger partial charge >= 0.3 is 5.97 Å². The summed E-state index contributed by atoms with van der Waals surface area (Å²) in [5, 5.41) is 0. The van der Waals surface area contributed by atoms with E-state index in [2.05, 4.69) is 22.5 Å². The Morgan fingerprint density at radius 3 is 3.11 bits per heavy atom. The summed E-state index contributed by atoms with van der Waals surface area (Å²) >= 11 is 3.36. The third kappa shape index (κ3) is 2.51. The summed E-state index contributed by atoms with van der Waals surface area (Å²) in [6.07, 6.45) is 1.50. The predicted octanol–water partition coefficient (Wildman–Crippen LogP) is 2.95. The van der Waals surface area contributed by atoms with Gasteiger partial charge in [0.1, 0.15) is 6.61 Å². The fourth-order valence-electron chi connectivity index (χ4n) is 1.60. The number of hydrogen-bond donors (Lipinski definition) is 0. The summed E-state index contributed by atoms with van der Waals surface area (Å²) in [6, 6.07) is 3.28. The van der Waals surface area contributed by atoms with E-state index < -0.39 is 0 Å². The van der Waals surface area contributed by atoms with Crippen molar-refractivity contribution in [1.82, 2.24) is 0 Å². The molecule has 1 aromatic carbocycles. The Kier molecular flexibility index (Phi) is 3.91. The Hall–Kier alpha value is -1.49. The minimum Gasteiger partial charge on any atom is -0.485 e. The third-order valence-electron chi connectivity index (χ3n) is 2.46. The lowest BCUT2D eigenvalue weighted by atomic mass is 10.2. The number of rotatable bonds is 3. The van der Waals surface area contributed by atoms with Crippen molar-refractivity contribution in [1.29, 1.82) is 0 Å². The van der Waals surface area contributed by atoms with Gasteiger partial charge in [0.2, 0.25) is 0 Å². The summed E-state index contributed by atoms with van der Waals surface area (Å²) in [7, 11) is 0. The molecule has 1 unspecified atom stereocenters. The molecular formula is C13H13BrO4. The topological polar surface area (TPSA) is 44.8 Å². The number of halogens is 1. The number of hydrogen-bond acceptors (Lipinski definition) is 4. The summed E-state index contributed by atoms with van der Waals surface area (Å²) in [5.74, 6) is 0.736. The highest BCUT2D eigenvalue weighted by atomic mass is 79.9. The van der Waals surface area contributed by atoms with E-state index in [4.69, 9.17) is 14.2 Å². The van der Waals surface area contributed by atoms with Crippen LogP contribution in [0.15, 0.2) is 29.3 Å². The highest BCUT2D eigenvalue weighted by Crippen LogP contribution is 2.40. The maximum absolute atomic E-state index is 11.6. The van der Waals surface area contributed by atoms with E-state index in [0.29, 0.717) is 34.7 Å². The fourth-order valence-corrected chi connectivity index (χ4v) is 2.13. The molecule has 0 saturated carbocycles. The minimum atomic E-state index is -0.379. The van der Waals surface area contributed by atoms with Crippen LogP contribution in [0.5, 0.6) is 11.5 Å². The number of fused-ring (bicyclic) bond motifs is 1. The molecule has 0 aliphatic carbocycles. The Labute approximate surface area is 114 Å². The maximum Gasteiger partial charge on any atom is 0.338 e. The molecule has 18 heavy (non-hydrogen) atoms. The first kappa shape index (κ1) is 13.0. The van der Waals surface area contributed by atoms with Gasteiger partial charge in [0.05, 0.1) is 16.6 Å². The normalized spacial score (nSPS) is 17.1.